The fraction of sp³-hybridized carbons (Fsp3) is 0.192. The summed E-state index contributed by atoms with van der Waals surface area (Å²) in [5.74, 6) is 0.242. The Labute approximate surface area is 194 Å². The molecule has 1 N–H and O–H groups in total. The van der Waals surface area contributed by atoms with Gasteiger partial charge in [-0.15, -0.1) is 0 Å². The number of benzene rings is 3. The maximum Gasteiger partial charge on any atom is 0.337 e. The number of nitrogens with one attached hydrogen (secondary N) is 1. The van der Waals surface area contributed by atoms with Crippen LogP contribution in [0.25, 0.3) is 0 Å². The van der Waals surface area contributed by atoms with Gasteiger partial charge >= 0.3 is 5.97 Å². The van der Waals surface area contributed by atoms with Gasteiger partial charge in [-0.3, -0.25) is 5.09 Å². The summed E-state index contributed by atoms with van der Waals surface area (Å²) in [6.07, 6.45) is -3.17. The molecule has 4 nitrogen and oxygen atoms in total. The minimum Gasteiger partial charge on any atom is -0.483 e. The van der Waals surface area contributed by atoms with Gasteiger partial charge in [0.1, 0.15) is 5.75 Å². The smallest absolute Gasteiger partial charge is 0.337 e. The highest BCUT2D eigenvalue weighted by Gasteiger charge is 2.50. The molecule has 0 aliphatic carbocycles. The van der Waals surface area contributed by atoms with Gasteiger partial charge < -0.3 is 9.47 Å². The number of esters is 1. The molecule has 3 aromatic carbocycles. The Morgan fingerprint density at radius 2 is 1.56 bits per heavy atom. The molecule has 2 atom stereocenters. The minimum absolute atomic E-state index is 0.265. The highest BCUT2D eigenvalue weighted by atomic mass is 32.4. The summed E-state index contributed by atoms with van der Waals surface area (Å²) < 4.78 is 11.5. The standard InChI is InChI=1S/C26H26NO3PS/c1-4-29-25(28)19(2)24-26(3,22-17-11-12-18-23(22)30-24)27-31(32,20-13-7-5-8-14-20)21-15-9-6-10-16-21/h5-18,24H,2,4H2,1,3H3,(H,27,32)/t24-,26+/m0/s1. The first kappa shape index (κ1) is 22.5. The van der Waals surface area contributed by atoms with Crippen molar-refractivity contribution in [1.82, 2.24) is 5.09 Å². The molecular weight excluding hydrogens is 437 g/mol. The zero-order valence-electron chi connectivity index (χ0n) is 18.2. The van der Waals surface area contributed by atoms with Crippen molar-refractivity contribution < 1.29 is 14.3 Å². The largest absolute Gasteiger partial charge is 0.483 e. The summed E-state index contributed by atoms with van der Waals surface area (Å²) >= 11 is 6.43. The van der Waals surface area contributed by atoms with E-state index in [1.54, 1.807) is 6.92 Å². The summed E-state index contributed by atoms with van der Waals surface area (Å²) in [4.78, 5) is 12.6. The van der Waals surface area contributed by atoms with E-state index in [-0.39, 0.29) is 12.2 Å². The van der Waals surface area contributed by atoms with Crippen molar-refractivity contribution >= 4 is 34.6 Å². The number of carbonyl (C=O) groups excluding carboxylic acids is 1. The van der Waals surface area contributed by atoms with Gasteiger partial charge in [-0.2, -0.15) is 0 Å². The Hall–Kier alpha value is -2.72. The lowest BCUT2D eigenvalue weighted by molar-refractivity contribution is -0.139. The van der Waals surface area contributed by atoms with Crippen molar-refractivity contribution in [1.29, 1.82) is 0 Å². The fourth-order valence-electron chi connectivity index (χ4n) is 4.13. The van der Waals surface area contributed by atoms with Gasteiger partial charge in [0.25, 0.3) is 0 Å². The number of ether oxygens (including phenoxy) is 2. The van der Waals surface area contributed by atoms with E-state index in [9.17, 15) is 4.79 Å². The molecule has 3 aromatic rings. The summed E-state index contributed by atoms with van der Waals surface area (Å²) in [5.41, 5.74) is 0.416. The van der Waals surface area contributed by atoms with Crippen molar-refractivity contribution in [3.63, 3.8) is 0 Å². The van der Waals surface area contributed by atoms with Gasteiger partial charge in [0.05, 0.1) is 23.9 Å². The first-order valence-corrected chi connectivity index (χ1v) is 13.3. The van der Waals surface area contributed by atoms with Gasteiger partial charge in [0.15, 0.2) is 6.10 Å². The van der Waals surface area contributed by atoms with Crippen molar-refractivity contribution in [3.8, 4) is 5.75 Å². The number of hydrogen-bond donors (Lipinski definition) is 1. The molecule has 0 bridgehead atoms. The number of hydrogen-bond acceptors (Lipinski definition) is 4. The van der Waals surface area contributed by atoms with Gasteiger partial charge in [-0.1, -0.05) is 97.2 Å². The molecule has 1 aliphatic heterocycles. The van der Waals surface area contributed by atoms with Crippen molar-refractivity contribution in [2.24, 2.45) is 0 Å². The zero-order chi connectivity index (χ0) is 22.8. The van der Waals surface area contributed by atoms with Crippen LogP contribution in [0, 0.1) is 0 Å². The molecule has 1 aliphatic rings. The molecule has 164 valence electrons. The third-order valence-corrected chi connectivity index (χ3v) is 10.1. The van der Waals surface area contributed by atoms with Crippen molar-refractivity contribution in [2.45, 2.75) is 25.5 Å². The number of para-hydroxylation sites is 1. The molecule has 0 amide bonds. The molecule has 0 saturated carbocycles. The quantitative estimate of drug-likeness (QED) is 0.319. The average molecular weight is 464 g/mol. The normalized spacial score (nSPS) is 19.6. The van der Waals surface area contributed by atoms with Gasteiger partial charge in [-0.05, 0) is 19.9 Å². The Morgan fingerprint density at radius 1 is 1.03 bits per heavy atom. The molecule has 0 radical (unpaired) electrons. The summed E-state index contributed by atoms with van der Waals surface area (Å²) in [6, 6.07) is 28.0. The van der Waals surface area contributed by atoms with Gasteiger partial charge in [0, 0.05) is 16.2 Å². The van der Waals surface area contributed by atoms with E-state index >= 15 is 0 Å². The fourth-order valence-corrected chi connectivity index (χ4v) is 8.07. The number of carbonyl (C=O) groups is 1. The van der Waals surface area contributed by atoms with Crippen molar-refractivity contribution in [3.05, 3.63) is 103 Å². The SMILES string of the molecule is C=C(C(=O)OCC)[C@@H]1Oc2ccccc2[C@@]1(C)NP(=S)(c1ccccc1)c1ccccc1. The number of fused-ring (bicyclic) bond motifs is 1. The Kier molecular flexibility index (Phi) is 6.34. The first-order chi connectivity index (χ1) is 15.4. The molecule has 6 heteroatoms. The lowest BCUT2D eigenvalue weighted by Crippen LogP contribution is -2.50. The lowest BCUT2D eigenvalue weighted by atomic mass is 9.86. The predicted molar refractivity (Wildman–Crippen MR) is 134 cm³/mol. The molecule has 0 saturated heterocycles. The first-order valence-electron chi connectivity index (χ1n) is 10.5. The van der Waals surface area contributed by atoms with Crippen LogP contribution in [0.15, 0.2) is 97.1 Å². The lowest BCUT2D eigenvalue weighted by Gasteiger charge is -2.38. The van der Waals surface area contributed by atoms with E-state index in [2.05, 4.69) is 35.9 Å². The second kappa shape index (κ2) is 9.03. The van der Waals surface area contributed by atoms with Crippen LogP contribution in [0.3, 0.4) is 0 Å². The summed E-state index contributed by atoms with van der Waals surface area (Å²) in [5, 5.41) is 5.89. The van der Waals surface area contributed by atoms with Crippen LogP contribution in [-0.2, 0) is 26.9 Å². The van der Waals surface area contributed by atoms with Crippen LogP contribution in [0.5, 0.6) is 5.75 Å². The maximum atomic E-state index is 12.6. The Morgan fingerprint density at radius 3 is 2.12 bits per heavy atom. The Bertz CT molecular complexity index is 1140. The molecule has 1 heterocycles. The van der Waals surface area contributed by atoms with E-state index in [0.717, 1.165) is 16.2 Å². The zero-order valence-corrected chi connectivity index (χ0v) is 19.9. The topological polar surface area (TPSA) is 47.6 Å². The average Bonchev–Trinajstić information content (AvgIpc) is 3.12. The van der Waals surface area contributed by atoms with Crippen LogP contribution in [0.2, 0.25) is 0 Å². The van der Waals surface area contributed by atoms with E-state index in [1.807, 2.05) is 67.6 Å². The molecule has 4 rings (SSSR count). The molecule has 32 heavy (non-hydrogen) atoms. The summed E-state index contributed by atoms with van der Waals surface area (Å²) in [6.45, 7) is 8.12. The van der Waals surface area contributed by atoms with E-state index in [0.29, 0.717) is 5.75 Å². The van der Waals surface area contributed by atoms with Crippen LogP contribution < -0.4 is 20.4 Å². The molecular formula is C26H26NO3PS. The minimum atomic E-state index is -2.51. The van der Waals surface area contributed by atoms with E-state index in [4.69, 9.17) is 21.3 Å². The van der Waals surface area contributed by atoms with Crippen LogP contribution in [0.1, 0.15) is 19.4 Å². The van der Waals surface area contributed by atoms with E-state index in [1.165, 1.54) is 0 Å². The van der Waals surface area contributed by atoms with Crippen LogP contribution in [0.4, 0.5) is 0 Å². The van der Waals surface area contributed by atoms with E-state index < -0.39 is 23.8 Å². The molecule has 0 fully saturated rings. The van der Waals surface area contributed by atoms with Gasteiger partial charge in [-0.25, -0.2) is 4.79 Å². The van der Waals surface area contributed by atoms with Crippen LogP contribution in [-0.4, -0.2) is 18.7 Å². The maximum absolute atomic E-state index is 12.6. The third-order valence-electron chi connectivity index (χ3n) is 5.70. The molecule has 0 spiro atoms. The van der Waals surface area contributed by atoms with Gasteiger partial charge in [0.2, 0.25) is 0 Å². The number of rotatable bonds is 7. The molecule has 0 aromatic heterocycles. The second-order valence-electron chi connectivity index (χ2n) is 7.83. The van der Waals surface area contributed by atoms with Crippen LogP contribution >= 0.6 is 6.19 Å². The third kappa shape index (κ3) is 3.93. The molecule has 0 unspecified atom stereocenters. The summed E-state index contributed by atoms with van der Waals surface area (Å²) in [7, 11) is 0. The second-order valence-corrected chi connectivity index (χ2v) is 12.0. The monoisotopic (exact) mass is 463 g/mol. The highest BCUT2D eigenvalue weighted by Crippen LogP contribution is 2.51. The Balaban J connectivity index is 1.86. The predicted octanol–water partition coefficient (Wildman–Crippen LogP) is 4.42. The van der Waals surface area contributed by atoms with Crippen molar-refractivity contribution in [2.75, 3.05) is 6.61 Å². The highest BCUT2D eigenvalue weighted by molar-refractivity contribution is 8.20.